The number of urea groups is 1. The van der Waals surface area contributed by atoms with Crippen LogP contribution in [0.5, 0.6) is 0 Å². The number of carbonyl (C=O) groups is 2. The predicted octanol–water partition coefficient (Wildman–Crippen LogP) is 6.49. The molecular weight excluding hydrogens is 396 g/mol. The number of nitrogens with one attached hydrogen (secondary N) is 1. The van der Waals surface area contributed by atoms with Gasteiger partial charge in [0, 0.05) is 18.0 Å². The van der Waals surface area contributed by atoms with E-state index in [1.165, 1.54) is 0 Å². The Morgan fingerprint density at radius 3 is 2.13 bits per heavy atom. The van der Waals surface area contributed by atoms with E-state index in [1.807, 2.05) is 72.8 Å². The molecule has 152 valence electrons. The van der Waals surface area contributed by atoms with Gasteiger partial charge in [-0.3, -0.25) is 9.69 Å². The van der Waals surface area contributed by atoms with Crippen molar-refractivity contribution in [3.63, 3.8) is 0 Å². The highest BCUT2D eigenvalue weighted by Gasteiger charge is 2.35. The maximum atomic E-state index is 13.5. The highest BCUT2D eigenvalue weighted by atomic mass is 35.5. The quantitative estimate of drug-likeness (QED) is 0.476. The lowest BCUT2D eigenvalue weighted by molar-refractivity contribution is -0.120. The van der Waals surface area contributed by atoms with Crippen molar-refractivity contribution in [2.24, 2.45) is 5.92 Å². The van der Waals surface area contributed by atoms with E-state index in [0.717, 1.165) is 24.1 Å². The Hall–Kier alpha value is -3.11. The zero-order chi connectivity index (χ0) is 20.9. The van der Waals surface area contributed by atoms with Crippen LogP contribution >= 0.6 is 11.6 Å². The van der Waals surface area contributed by atoms with Gasteiger partial charge in [-0.05, 0) is 42.7 Å². The first-order valence-corrected chi connectivity index (χ1v) is 10.5. The molecule has 3 aromatic carbocycles. The molecule has 0 aromatic heterocycles. The monoisotopic (exact) mass is 418 g/mol. The fourth-order valence-electron chi connectivity index (χ4n) is 3.56. The largest absolute Gasteiger partial charge is 0.326 e. The third-order valence-corrected chi connectivity index (χ3v) is 5.62. The van der Waals surface area contributed by atoms with E-state index in [1.54, 1.807) is 17.0 Å². The number of halogens is 1. The number of anilines is 2. The van der Waals surface area contributed by atoms with Crippen molar-refractivity contribution in [3.05, 3.63) is 95.5 Å². The van der Waals surface area contributed by atoms with E-state index in [0.29, 0.717) is 10.7 Å². The maximum absolute atomic E-state index is 13.5. The van der Waals surface area contributed by atoms with Crippen LogP contribution in [0, 0.1) is 5.92 Å². The van der Waals surface area contributed by atoms with E-state index < -0.39 is 6.04 Å². The van der Waals surface area contributed by atoms with Gasteiger partial charge in [-0.25, -0.2) is 4.79 Å². The number of Topliss-reactive ketones (excluding diaryl/α,β-unsaturated/α-hetero) is 1. The summed E-state index contributed by atoms with van der Waals surface area (Å²) in [5.41, 5.74) is 2.18. The van der Waals surface area contributed by atoms with Crippen LogP contribution in [0.15, 0.2) is 84.9 Å². The molecule has 5 heteroatoms. The number of amides is 2. The van der Waals surface area contributed by atoms with Gasteiger partial charge in [-0.1, -0.05) is 72.3 Å². The van der Waals surface area contributed by atoms with Crippen LogP contribution in [0.4, 0.5) is 16.2 Å². The fraction of sp³-hybridized carbons (Fsp3) is 0.200. The molecule has 0 bridgehead atoms. The number of nitrogens with zero attached hydrogens (tertiary/aromatic N) is 1. The second-order valence-corrected chi connectivity index (χ2v) is 7.89. The second-order valence-electron chi connectivity index (χ2n) is 7.49. The number of para-hydroxylation sites is 2. The van der Waals surface area contributed by atoms with Crippen molar-refractivity contribution in [1.82, 2.24) is 0 Å². The molecule has 4 nitrogen and oxygen atoms in total. The number of ketones is 1. The first kappa shape index (κ1) is 20.2. The molecule has 0 spiro atoms. The highest BCUT2D eigenvalue weighted by molar-refractivity contribution is 6.33. The lowest BCUT2D eigenvalue weighted by Crippen LogP contribution is -2.39. The number of hydrogen-bond donors (Lipinski definition) is 1. The van der Waals surface area contributed by atoms with E-state index >= 15 is 0 Å². The van der Waals surface area contributed by atoms with E-state index in [-0.39, 0.29) is 24.2 Å². The first-order chi connectivity index (χ1) is 14.6. The molecule has 4 rings (SSSR count). The van der Waals surface area contributed by atoms with Crippen molar-refractivity contribution in [2.75, 3.05) is 10.2 Å². The molecule has 1 aliphatic rings. The highest BCUT2D eigenvalue weighted by Crippen LogP contribution is 2.37. The Morgan fingerprint density at radius 1 is 0.900 bits per heavy atom. The Balaban J connectivity index is 1.72. The molecule has 1 N–H and O–H groups in total. The molecule has 1 atom stereocenters. The van der Waals surface area contributed by atoms with Crippen LogP contribution in [0.2, 0.25) is 5.02 Å². The van der Waals surface area contributed by atoms with Gasteiger partial charge in [0.05, 0.1) is 16.8 Å². The lowest BCUT2D eigenvalue weighted by atomic mass is 9.97. The summed E-state index contributed by atoms with van der Waals surface area (Å²) >= 11 is 6.26. The molecule has 0 unspecified atom stereocenters. The zero-order valence-corrected chi connectivity index (χ0v) is 17.3. The van der Waals surface area contributed by atoms with Gasteiger partial charge in [-0.15, -0.1) is 0 Å². The average molecular weight is 419 g/mol. The Bertz CT molecular complexity index is 1020. The normalized spacial score (nSPS) is 14.0. The van der Waals surface area contributed by atoms with Gasteiger partial charge in [0.15, 0.2) is 0 Å². The standard InChI is InChI=1S/C25H23ClN2O2/c26-21-13-7-8-14-22(21)27-25(30)28(20-11-5-2-6-12-20)23(17-24(29)19-15-16-19)18-9-3-1-4-10-18/h1-14,19,23H,15-17H2,(H,27,30)/t23-/m1/s1. The summed E-state index contributed by atoms with van der Waals surface area (Å²) in [7, 11) is 0. The summed E-state index contributed by atoms with van der Waals surface area (Å²) < 4.78 is 0. The van der Waals surface area contributed by atoms with E-state index in [2.05, 4.69) is 5.32 Å². The minimum atomic E-state index is -0.413. The Morgan fingerprint density at radius 2 is 1.50 bits per heavy atom. The van der Waals surface area contributed by atoms with Gasteiger partial charge in [0.25, 0.3) is 0 Å². The molecule has 30 heavy (non-hydrogen) atoms. The molecule has 1 saturated carbocycles. The summed E-state index contributed by atoms with van der Waals surface area (Å²) in [6.45, 7) is 0. The predicted molar refractivity (Wildman–Crippen MR) is 121 cm³/mol. The maximum Gasteiger partial charge on any atom is 0.326 e. The van der Waals surface area contributed by atoms with Crippen LogP contribution in [0.1, 0.15) is 30.9 Å². The third-order valence-electron chi connectivity index (χ3n) is 5.29. The summed E-state index contributed by atoms with van der Waals surface area (Å²) in [6, 6.07) is 25.5. The molecule has 0 aliphatic heterocycles. The second kappa shape index (κ2) is 9.14. The summed E-state index contributed by atoms with van der Waals surface area (Å²) in [5.74, 6) is 0.329. The molecule has 1 fully saturated rings. The lowest BCUT2D eigenvalue weighted by Gasteiger charge is -2.32. The Labute approximate surface area is 181 Å². The van der Waals surface area contributed by atoms with Gasteiger partial charge >= 0.3 is 6.03 Å². The molecule has 0 radical (unpaired) electrons. The number of hydrogen-bond acceptors (Lipinski definition) is 2. The molecule has 2 amide bonds. The molecule has 1 aliphatic carbocycles. The smallest absolute Gasteiger partial charge is 0.306 e. The molecule has 0 heterocycles. The van der Waals surface area contributed by atoms with Crippen molar-refractivity contribution < 1.29 is 9.59 Å². The van der Waals surface area contributed by atoms with Crippen LogP contribution in [-0.2, 0) is 4.79 Å². The fourth-order valence-corrected chi connectivity index (χ4v) is 3.74. The number of benzene rings is 3. The topological polar surface area (TPSA) is 49.4 Å². The average Bonchev–Trinajstić information content (AvgIpc) is 3.62. The number of carbonyl (C=O) groups excluding carboxylic acids is 2. The van der Waals surface area contributed by atoms with Crippen molar-refractivity contribution in [1.29, 1.82) is 0 Å². The first-order valence-electron chi connectivity index (χ1n) is 10.1. The molecule has 3 aromatic rings. The van der Waals surface area contributed by atoms with Crippen LogP contribution in [0.3, 0.4) is 0 Å². The van der Waals surface area contributed by atoms with Crippen LogP contribution in [-0.4, -0.2) is 11.8 Å². The summed E-state index contributed by atoms with van der Waals surface area (Å²) in [6.07, 6.45) is 2.16. The van der Waals surface area contributed by atoms with Gasteiger partial charge in [-0.2, -0.15) is 0 Å². The minimum Gasteiger partial charge on any atom is -0.306 e. The van der Waals surface area contributed by atoms with Gasteiger partial charge in [0.1, 0.15) is 5.78 Å². The molecular formula is C25H23ClN2O2. The minimum absolute atomic E-state index is 0.125. The summed E-state index contributed by atoms with van der Waals surface area (Å²) in [5, 5.41) is 3.38. The van der Waals surface area contributed by atoms with Gasteiger partial charge < -0.3 is 5.32 Å². The van der Waals surface area contributed by atoms with Crippen molar-refractivity contribution in [3.8, 4) is 0 Å². The van der Waals surface area contributed by atoms with E-state index in [4.69, 9.17) is 11.6 Å². The number of rotatable bonds is 7. The third kappa shape index (κ3) is 4.71. The molecule has 0 saturated heterocycles. The van der Waals surface area contributed by atoms with E-state index in [9.17, 15) is 9.59 Å². The van der Waals surface area contributed by atoms with Crippen molar-refractivity contribution in [2.45, 2.75) is 25.3 Å². The zero-order valence-electron chi connectivity index (χ0n) is 16.5. The summed E-state index contributed by atoms with van der Waals surface area (Å²) in [4.78, 5) is 27.9. The SMILES string of the molecule is O=C(C[C@H](c1ccccc1)N(C(=O)Nc1ccccc1Cl)c1ccccc1)C1CC1. The van der Waals surface area contributed by atoms with Crippen molar-refractivity contribution >= 4 is 34.8 Å². The Kier molecular flexibility index (Phi) is 6.15. The van der Waals surface area contributed by atoms with Crippen LogP contribution in [0.25, 0.3) is 0 Å². The van der Waals surface area contributed by atoms with Crippen LogP contribution < -0.4 is 10.2 Å². The van der Waals surface area contributed by atoms with Gasteiger partial charge in [0.2, 0.25) is 0 Å².